The third kappa shape index (κ3) is 1.68. The molecule has 0 N–H and O–H groups in total. The number of rotatable bonds is 1. The molecular weight excluding hydrogens is 375 g/mol. The molecule has 1 unspecified atom stereocenters. The van der Waals surface area contributed by atoms with Crippen LogP contribution in [0.15, 0.2) is 0 Å². The molecule has 0 aromatic rings. The highest BCUT2D eigenvalue weighted by atomic mass is 127. The Labute approximate surface area is 131 Å². The molecule has 1 saturated carbocycles. The van der Waals surface area contributed by atoms with Crippen LogP contribution >= 0.6 is 22.6 Å². The fourth-order valence-corrected chi connectivity index (χ4v) is 5.41. The van der Waals surface area contributed by atoms with E-state index in [1.54, 1.807) is 0 Å². The van der Waals surface area contributed by atoms with Crippen molar-refractivity contribution in [2.75, 3.05) is 4.43 Å². The van der Waals surface area contributed by atoms with Gasteiger partial charge in [-0.2, -0.15) is 0 Å². The molecule has 0 radical (unpaired) electrons. The minimum atomic E-state index is -0.782. The maximum Gasteiger partial charge on any atom is 0.312 e. The summed E-state index contributed by atoms with van der Waals surface area (Å²) in [6.07, 6.45) is 4.42. The second-order valence-corrected chi connectivity index (χ2v) is 7.46. The van der Waals surface area contributed by atoms with Crippen molar-refractivity contribution in [3.05, 3.63) is 0 Å². The van der Waals surface area contributed by atoms with Gasteiger partial charge in [0.25, 0.3) is 0 Å². The summed E-state index contributed by atoms with van der Waals surface area (Å²) >= 11 is 2.27. The zero-order valence-corrected chi connectivity index (χ0v) is 13.6. The Kier molecular flexibility index (Phi) is 3.11. The van der Waals surface area contributed by atoms with Crippen molar-refractivity contribution < 1.29 is 24.0 Å². The van der Waals surface area contributed by atoms with Gasteiger partial charge in [0.2, 0.25) is 12.1 Å². The van der Waals surface area contributed by atoms with Gasteiger partial charge in [0.05, 0.1) is 5.92 Å². The van der Waals surface area contributed by atoms with Crippen LogP contribution in [0.2, 0.25) is 0 Å². The Hall–Kier alpha value is 0.0800. The molecule has 5 fully saturated rings. The van der Waals surface area contributed by atoms with E-state index in [4.69, 9.17) is 19.2 Å². The summed E-state index contributed by atoms with van der Waals surface area (Å²) in [5, 5.41) is 0. The summed E-state index contributed by atoms with van der Waals surface area (Å²) in [7, 11) is 0. The lowest BCUT2D eigenvalue weighted by Crippen LogP contribution is -2.69. The first-order valence-electron chi connectivity index (χ1n) is 7.40. The largest absolute Gasteiger partial charge is 0.432 e. The van der Waals surface area contributed by atoms with Crippen LogP contribution in [0.25, 0.3) is 0 Å². The predicted octanol–water partition coefficient (Wildman–Crippen LogP) is 2.56. The fourth-order valence-electron chi connectivity index (χ4n) is 4.44. The van der Waals surface area contributed by atoms with Crippen molar-refractivity contribution in [3.63, 3.8) is 0 Å². The van der Waals surface area contributed by atoms with E-state index in [2.05, 4.69) is 22.6 Å². The van der Waals surface area contributed by atoms with Gasteiger partial charge in [0.1, 0.15) is 0 Å². The summed E-state index contributed by atoms with van der Waals surface area (Å²) in [5.74, 6) is -0.527. The molecule has 5 nitrogen and oxygen atoms in total. The van der Waals surface area contributed by atoms with E-state index in [0.717, 1.165) is 36.5 Å². The van der Waals surface area contributed by atoms with Crippen LogP contribution < -0.4 is 0 Å². The predicted molar refractivity (Wildman–Crippen MR) is 76.7 cm³/mol. The Balaban J connectivity index is 1.81. The number of hydrogen-bond donors (Lipinski definition) is 0. The van der Waals surface area contributed by atoms with Crippen LogP contribution in [0.5, 0.6) is 0 Å². The van der Waals surface area contributed by atoms with Crippen LogP contribution in [0, 0.1) is 17.8 Å². The average Bonchev–Trinajstić information content (AvgIpc) is 2.65. The first-order chi connectivity index (χ1) is 9.59. The van der Waals surface area contributed by atoms with Gasteiger partial charge >= 0.3 is 5.97 Å². The molecule has 1 spiro atoms. The standard InChI is InChI=1S/C14H19IO5/c1-13-6-5-8-3-2-4-10-9(7-15)11(16)17-12(18-13)14(8,10)20-19-13/h8-10,12H,2-7H2,1H3/t8?,9-,10+,12-,13+,14-/m1/s1. The van der Waals surface area contributed by atoms with Crippen LogP contribution in [0.3, 0.4) is 0 Å². The van der Waals surface area contributed by atoms with Gasteiger partial charge < -0.3 is 9.47 Å². The average molecular weight is 394 g/mol. The third-order valence-corrected chi connectivity index (χ3v) is 6.45. The second-order valence-electron chi connectivity index (χ2n) is 6.57. The van der Waals surface area contributed by atoms with Gasteiger partial charge in [-0.05, 0) is 32.1 Å². The molecule has 0 aromatic carbocycles. The van der Waals surface area contributed by atoms with E-state index in [1.807, 2.05) is 6.92 Å². The molecule has 6 heteroatoms. The minimum absolute atomic E-state index is 0.107. The van der Waals surface area contributed by atoms with Crippen molar-refractivity contribution in [1.29, 1.82) is 0 Å². The summed E-state index contributed by atoms with van der Waals surface area (Å²) < 4.78 is 12.4. The number of fused-ring (bicyclic) bond motifs is 2. The Morgan fingerprint density at radius 2 is 2.15 bits per heavy atom. The van der Waals surface area contributed by atoms with Crippen molar-refractivity contribution in [1.82, 2.24) is 0 Å². The number of esters is 1. The zero-order chi connectivity index (χ0) is 14.0. The number of hydrogen-bond acceptors (Lipinski definition) is 5. The SMILES string of the molecule is C[C@]12CCC3CCC[C@H]4[C@@H](CI)C(=O)O[C@H](O1)[C@@]34OO2. The first-order valence-corrected chi connectivity index (χ1v) is 8.93. The Bertz CT molecular complexity index is 443. The monoisotopic (exact) mass is 394 g/mol. The van der Waals surface area contributed by atoms with Gasteiger partial charge in [-0.3, -0.25) is 4.79 Å². The van der Waals surface area contributed by atoms with Crippen LogP contribution in [0.4, 0.5) is 0 Å². The van der Waals surface area contributed by atoms with Crippen LogP contribution in [-0.2, 0) is 24.0 Å². The minimum Gasteiger partial charge on any atom is -0.432 e. The number of carbonyl (C=O) groups is 1. The Morgan fingerprint density at radius 3 is 2.95 bits per heavy atom. The lowest BCUT2D eigenvalue weighted by molar-refractivity contribution is -0.557. The van der Waals surface area contributed by atoms with E-state index in [9.17, 15) is 4.79 Å². The quantitative estimate of drug-likeness (QED) is 0.296. The van der Waals surface area contributed by atoms with Gasteiger partial charge in [0.15, 0.2) is 5.60 Å². The van der Waals surface area contributed by atoms with E-state index < -0.39 is 17.7 Å². The summed E-state index contributed by atoms with van der Waals surface area (Å²) in [4.78, 5) is 23.8. The summed E-state index contributed by atoms with van der Waals surface area (Å²) in [6.45, 7) is 1.87. The zero-order valence-electron chi connectivity index (χ0n) is 11.5. The molecule has 4 heterocycles. The van der Waals surface area contributed by atoms with E-state index in [0.29, 0.717) is 5.92 Å². The third-order valence-electron chi connectivity index (χ3n) is 5.50. The number of carbonyl (C=O) groups excluding carboxylic acids is 1. The van der Waals surface area contributed by atoms with Gasteiger partial charge in [-0.15, -0.1) is 0 Å². The van der Waals surface area contributed by atoms with Crippen molar-refractivity contribution >= 4 is 28.6 Å². The topological polar surface area (TPSA) is 54.0 Å². The van der Waals surface area contributed by atoms with Gasteiger partial charge in [0, 0.05) is 16.8 Å². The van der Waals surface area contributed by atoms with Crippen LogP contribution in [0.1, 0.15) is 39.0 Å². The molecule has 6 atom stereocenters. The van der Waals surface area contributed by atoms with Crippen LogP contribution in [-0.4, -0.2) is 28.1 Å². The van der Waals surface area contributed by atoms with Crippen molar-refractivity contribution in [2.24, 2.45) is 17.8 Å². The number of halogens is 1. The lowest BCUT2D eigenvalue weighted by atomic mass is 9.61. The fraction of sp³-hybridized carbons (Fsp3) is 0.929. The van der Waals surface area contributed by atoms with E-state index in [1.165, 1.54) is 0 Å². The highest BCUT2D eigenvalue weighted by molar-refractivity contribution is 14.1. The molecule has 2 bridgehead atoms. The van der Waals surface area contributed by atoms with E-state index in [-0.39, 0.29) is 17.8 Å². The molecule has 4 aliphatic heterocycles. The highest BCUT2D eigenvalue weighted by Gasteiger charge is 2.69. The highest BCUT2D eigenvalue weighted by Crippen LogP contribution is 2.58. The summed E-state index contributed by atoms with van der Waals surface area (Å²) in [5.41, 5.74) is -0.585. The number of ether oxygens (including phenoxy) is 2. The van der Waals surface area contributed by atoms with Gasteiger partial charge in [-0.25, -0.2) is 9.78 Å². The smallest absolute Gasteiger partial charge is 0.312 e. The molecule has 5 aliphatic rings. The Morgan fingerprint density at radius 1 is 1.30 bits per heavy atom. The van der Waals surface area contributed by atoms with Crippen molar-refractivity contribution in [3.8, 4) is 0 Å². The number of alkyl halides is 1. The molecule has 112 valence electrons. The normalized spacial score (nSPS) is 54.0. The molecule has 0 amide bonds. The first kappa shape index (κ1) is 13.7. The summed E-state index contributed by atoms with van der Waals surface area (Å²) in [6, 6.07) is 0. The molecule has 20 heavy (non-hydrogen) atoms. The second kappa shape index (κ2) is 4.54. The lowest BCUT2D eigenvalue weighted by Gasteiger charge is -2.56. The van der Waals surface area contributed by atoms with E-state index >= 15 is 0 Å². The maximum absolute atomic E-state index is 12.3. The van der Waals surface area contributed by atoms with Gasteiger partial charge in [-0.1, -0.05) is 29.0 Å². The van der Waals surface area contributed by atoms with Crippen molar-refractivity contribution in [2.45, 2.75) is 56.7 Å². The molecular formula is C14H19IO5. The molecule has 5 rings (SSSR count). The molecule has 0 aromatic heterocycles. The molecule has 4 saturated heterocycles. The maximum atomic E-state index is 12.3. The molecule has 1 aliphatic carbocycles.